The second kappa shape index (κ2) is 10.9. The first kappa shape index (κ1) is 25.8. The maximum absolute atomic E-state index is 12.8. The summed E-state index contributed by atoms with van der Waals surface area (Å²) < 4.78 is 2.14. The Balaban J connectivity index is 1.44. The first-order valence-corrected chi connectivity index (χ1v) is 13.4. The summed E-state index contributed by atoms with van der Waals surface area (Å²) in [5, 5.41) is 6.64. The summed E-state index contributed by atoms with van der Waals surface area (Å²) in [6.07, 6.45) is 3.63. The Bertz CT molecular complexity index is 1450. The van der Waals surface area contributed by atoms with Crippen LogP contribution in [0.15, 0.2) is 71.4 Å². The fourth-order valence-corrected chi connectivity index (χ4v) is 5.50. The van der Waals surface area contributed by atoms with Gasteiger partial charge in [-0.05, 0) is 43.3 Å². The minimum atomic E-state index is -0.198. The number of likely N-dealkylation sites (N-methyl/N-ethyl adjacent to an activating group) is 1. The normalized spacial score (nSPS) is 16.0. The van der Waals surface area contributed by atoms with Gasteiger partial charge >= 0.3 is 0 Å². The van der Waals surface area contributed by atoms with Crippen molar-refractivity contribution < 1.29 is 9.59 Å². The lowest BCUT2D eigenvalue weighted by Gasteiger charge is -2.37. The smallest absolute Gasteiger partial charge is 0.261 e. The Labute approximate surface area is 229 Å². The molecule has 198 valence electrons. The molecule has 2 aliphatic heterocycles. The monoisotopic (exact) mass is 553 g/mol. The zero-order valence-electron chi connectivity index (χ0n) is 21.1. The molecule has 2 aliphatic rings. The summed E-state index contributed by atoms with van der Waals surface area (Å²) in [5.41, 5.74) is 6.27. The van der Waals surface area contributed by atoms with Crippen LogP contribution < -0.4 is 26.2 Å². The highest BCUT2D eigenvalue weighted by molar-refractivity contribution is 7.18. The minimum Gasteiger partial charge on any atom is -0.359 e. The van der Waals surface area contributed by atoms with E-state index in [0.29, 0.717) is 34.5 Å². The van der Waals surface area contributed by atoms with E-state index in [0.717, 1.165) is 17.1 Å². The van der Waals surface area contributed by atoms with Crippen LogP contribution in [0.4, 0.5) is 11.4 Å². The topological polar surface area (TPSA) is 93.2 Å². The summed E-state index contributed by atoms with van der Waals surface area (Å²) in [4.78, 5) is 42.2. The lowest BCUT2D eigenvalue weighted by molar-refractivity contribution is -0.130. The van der Waals surface area contributed by atoms with Crippen molar-refractivity contribution in [2.24, 2.45) is 0 Å². The van der Waals surface area contributed by atoms with E-state index in [1.54, 1.807) is 34.1 Å². The van der Waals surface area contributed by atoms with E-state index < -0.39 is 0 Å². The molecule has 0 unspecified atom stereocenters. The van der Waals surface area contributed by atoms with Crippen molar-refractivity contribution in [2.75, 3.05) is 49.7 Å². The van der Waals surface area contributed by atoms with E-state index in [2.05, 4.69) is 10.7 Å². The molecule has 12 heteroatoms. The fraction of sp³-hybridized carbons (Fsp3) is 0.269. The molecule has 10 nitrogen and oxygen atoms in total. The SMILES string of the molecule is CCN1CCN(c2cc(-n3ccccc3=O)ccc2N2C=C(CNC(=O)c3ccc(Cl)s3)NN2C)CC1=O. The van der Waals surface area contributed by atoms with Gasteiger partial charge in [0.1, 0.15) is 0 Å². The van der Waals surface area contributed by atoms with Crippen LogP contribution in [0.1, 0.15) is 16.6 Å². The van der Waals surface area contributed by atoms with E-state index in [1.807, 2.05) is 59.2 Å². The van der Waals surface area contributed by atoms with Crippen LogP contribution >= 0.6 is 22.9 Å². The van der Waals surface area contributed by atoms with Crippen LogP contribution in [-0.4, -0.2) is 66.2 Å². The van der Waals surface area contributed by atoms with Gasteiger partial charge in [0.2, 0.25) is 5.91 Å². The number of benzene rings is 1. The van der Waals surface area contributed by atoms with Gasteiger partial charge in [-0.2, -0.15) is 0 Å². The highest BCUT2D eigenvalue weighted by Crippen LogP contribution is 2.35. The van der Waals surface area contributed by atoms with E-state index in [9.17, 15) is 14.4 Å². The van der Waals surface area contributed by atoms with E-state index in [4.69, 9.17) is 11.6 Å². The number of aromatic nitrogens is 1. The molecule has 1 fully saturated rings. The van der Waals surface area contributed by atoms with Crippen LogP contribution in [0.25, 0.3) is 5.69 Å². The molecule has 0 atom stereocenters. The molecular weight excluding hydrogens is 526 g/mol. The van der Waals surface area contributed by atoms with Crippen LogP contribution in [0.3, 0.4) is 0 Å². The number of rotatable bonds is 7. The number of hydrogen-bond donors (Lipinski definition) is 2. The average Bonchev–Trinajstić information content (AvgIpc) is 3.52. The predicted octanol–water partition coefficient (Wildman–Crippen LogP) is 2.66. The van der Waals surface area contributed by atoms with Gasteiger partial charge in [-0.1, -0.05) is 17.7 Å². The average molecular weight is 554 g/mol. The van der Waals surface area contributed by atoms with Crippen LogP contribution in [0.2, 0.25) is 4.34 Å². The first-order chi connectivity index (χ1) is 18.3. The summed E-state index contributed by atoms with van der Waals surface area (Å²) in [6.45, 7) is 4.47. The number of amides is 2. The number of hydrazine groups is 2. The zero-order valence-corrected chi connectivity index (χ0v) is 22.6. The second-order valence-electron chi connectivity index (χ2n) is 8.90. The van der Waals surface area contributed by atoms with E-state index >= 15 is 0 Å². The van der Waals surface area contributed by atoms with Crippen molar-refractivity contribution in [3.63, 3.8) is 0 Å². The Morgan fingerprint density at radius 1 is 1.11 bits per heavy atom. The lowest BCUT2D eigenvalue weighted by atomic mass is 10.1. The molecule has 1 saturated heterocycles. The Hall–Kier alpha value is -3.80. The third-order valence-electron chi connectivity index (χ3n) is 6.49. The highest BCUT2D eigenvalue weighted by Gasteiger charge is 2.29. The summed E-state index contributed by atoms with van der Waals surface area (Å²) in [5.74, 6) is -0.135. The predicted molar refractivity (Wildman–Crippen MR) is 150 cm³/mol. The van der Waals surface area contributed by atoms with Crippen LogP contribution in [-0.2, 0) is 4.79 Å². The Kier molecular flexibility index (Phi) is 7.41. The standard InChI is InChI=1S/C26H28ClN7O3S/c1-3-31-12-13-32(17-25(31)36)21-14-19(33-11-5-4-6-24(33)35)7-8-20(21)34-16-18(29-30(34)2)15-28-26(37)22-9-10-23(27)38-22/h4-11,14,16,29H,3,12-13,15,17H2,1-2H3,(H,28,37). The number of anilines is 2. The van der Waals surface area contributed by atoms with Gasteiger partial charge in [0.25, 0.3) is 11.5 Å². The van der Waals surface area contributed by atoms with Crippen molar-refractivity contribution >= 4 is 46.1 Å². The van der Waals surface area contributed by atoms with Gasteiger partial charge in [0, 0.05) is 45.1 Å². The molecule has 4 heterocycles. The fourth-order valence-electron chi connectivity index (χ4n) is 4.54. The number of nitrogens with one attached hydrogen (secondary N) is 2. The van der Waals surface area contributed by atoms with Crippen molar-refractivity contribution in [3.05, 3.63) is 86.2 Å². The third-order valence-corrected chi connectivity index (χ3v) is 7.72. The summed E-state index contributed by atoms with van der Waals surface area (Å²) >= 11 is 7.18. The Morgan fingerprint density at radius 3 is 2.66 bits per heavy atom. The molecular formula is C26H28ClN7O3S. The van der Waals surface area contributed by atoms with Gasteiger partial charge in [0.05, 0.1) is 45.1 Å². The molecule has 0 bridgehead atoms. The third kappa shape index (κ3) is 5.26. The van der Waals surface area contributed by atoms with Crippen LogP contribution in [0, 0.1) is 0 Å². The molecule has 0 aliphatic carbocycles. The maximum atomic E-state index is 12.8. The molecule has 5 rings (SSSR count). The molecule has 0 radical (unpaired) electrons. The maximum Gasteiger partial charge on any atom is 0.261 e. The first-order valence-electron chi connectivity index (χ1n) is 12.2. The minimum absolute atomic E-state index is 0.0625. The molecule has 0 spiro atoms. The number of hydrogen-bond acceptors (Lipinski definition) is 8. The van der Waals surface area contributed by atoms with Crippen LogP contribution in [0.5, 0.6) is 0 Å². The quantitative estimate of drug-likeness (QED) is 0.465. The zero-order chi connectivity index (χ0) is 26.8. The molecule has 1 aromatic carbocycles. The van der Waals surface area contributed by atoms with Crippen molar-refractivity contribution in [3.8, 4) is 5.69 Å². The summed E-state index contributed by atoms with van der Waals surface area (Å²) in [6, 6.07) is 14.2. The molecule has 2 N–H and O–H groups in total. The number of carbonyl (C=O) groups excluding carboxylic acids is 2. The van der Waals surface area contributed by atoms with Gasteiger partial charge < -0.3 is 20.5 Å². The van der Waals surface area contributed by atoms with Gasteiger partial charge in [-0.15, -0.1) is 16.5 Å². The molecule has 38 heavy (non-hydrogen) atoms. The second-order valence-corrected chi connectivity index (χ2v) is 10.6. The number of nitrogens with zero attached hydrogens (tertiary/aromatic N) is 5. The number of thiophene rings is 1. The lowest BCUT2D eigenvalue weighted by Crippen LogP contribution is -2.50. The van der Waals surface area contributed by atoms with Gasteiger partial charge in [0.15, 0.2) is 0 Å². The van der Waals surface area contributed by atoms with Gasteiger partial charge in [-0.25, -0.2) is 0 Å². The molecule has 0 saturated carbocycles. The van der Waals surface area contributed by atoms with Crippen molar-refractivity contribution in [1.29, 1.82) is 0 Å². The number of halogens is 1. The molecule has 2 amide bonds. The van der Waals surface area contributed by atoms with Crippen molar-refractivity contribution in [1.82, 2.24) is 25.3 Å². The highest BCUT2D eigenvalue weighted by atomic mass is 35.5. The van der Waals surface area contributed by atoms with Gasteiger partial charge in [-0.3, -0.25) is 24.0 Å². The van der Waals surface area contributed by atoms with Crippen molar-refractivity contribution in [2.45, 2.75) is 6.92 Å². The number of carbonyl (C=O) groups is 2. The molecule has 3 aromatic rings. The molecule has 2 aromatic heterocycles. The van der Waals surface area contributed by atoms with E-state index in [1.165, 1.54) is 17.4 Å². The largest absolute Gasteiger partial charge is 0.359 e. The summed E-state index contributed by atoms with van der Waals surface area (Å²) in [7, 11) is 1.87. The number of piperazine rings is 1. The number of pyridine rings is 1. The van der Waals surface area contributed by atoms with E-state index in [-0.39, 0.29) is 30.5 Å². The Morgan fingerprint density at radius 2 is 1.95 bits per heavy atom.